The highest BCUT2D eigenvalue weighted by molar-refractivity contribution is 7.98. The van der Waals surface area contributed by atoms with E-state index in [2.05, 4.69) is 5.32 Å². The minimum Gasteiger partial charge on any atom is -0.332 e. The molecule has 1 N–H and O–H groups in total. The minimum absolute atomic E-state index is 0.0471. The first-order valence-corrected chi connectivity index (χ1v) is 11.5. The van der Waals surface area contributed by atoms with Crippen LogP contribution in [0.25, 0.3) is 5.00 Å². The monoisotopic (exact) mass is 445 g/mol. The first-order chi connectivity index (χ1) is 14.0. The Labute approximate surface area is 182 Å². The Balaban J connectivity index is 1.57. The van der Waals surface area contributed by atoms with Crippen LogP contribution in [0.1, 0.15) is 20.8 Å². The highest BCUT2D eigenvalue weighted by Gasteiger charge is 2.28. The Morgan fingerprint density at radius 2 is 1.97 bits per heavy atom. The van der Waals surface area contributed by atoms with E-state index in [0.717, 1.165) is 34.1 Å². The second kappa shape index (κ2) is 8.65. The van der Waals surface area contributed by atoms with Gasteiger partial charge in [-0.2, -0.15) is 11.8 Å². The molecule has 1 aromatic carbocycles. The van der Waals surface area contributed by atoms with Crippen LogP contribution in [0, 0.1) is 0 Å². The van der Waals surface area contributed by atoms with Gasteiger partial charge in [0.25, 0.3) is 5.91 Å². The number of anilines is 1. The van der Waals surface area contributed by atoms with Crippen molar-refractivity contribution in [1.29, 1.82) is 0 Å². The average Bonchev–Trinajstić information content (AvgIpc) is 3.36. The topological polar surface area (TPSA) is 54.3 Å². The Kier molecular flexibility index (Phi) is 5.99. The minimum atomic E-state index is -0.281. The van der Waals surface area contributed by atoms with Crippen molar-refractivity contribution in [2.24, 2.45) is 0 Å². The van der Waals surface area contributed by atoms with Crippen molar-refractivity contribution in [2.45, 2.75) is 12.2 Å². The molecule has 0 fully saturated rings. The van der Waals surface area contributed by atoms with Crippen molar-refractivity contribution in [3.8, 4) is 5.00 Å². The number of fused-ring (bicyclic) bond motifs is 1. The van der Waals surface area contributed by atoms with Gasteiger partial charge in [0.15, 0.2) is 0 Å². The summed E-state index contributed by atoms with van der Waals surface area (Å²) >= 11 is 9.66. The average molecular weight is 446 g/mol. The van der Waals surface area contributed by atoms with Gasteiger partial charge in [-0.1, -0.05) is 23.7 Å². The summed E-state index contributed by atoms with van der Waals surface area (Å²) in [7, 11) is 1.66. The number of aromatic nitrogens is 1. The molecule has 3 aromatic rings. The number of thioether (sulfide) groups is 1. The van der Waals surface area contributed by atoms with Crippen molar-refractivity contribution < 1.29 is 9.59 Å². The van der Waals surface area contributed by atoms with Gasteiger partial charge >= 0.3 is 0 Å². The largest absolute Gasteiger partial charge is 0.332 e. The summed E-state index contributed by atoms with van der Waals surface area (Å²) < 4.78 is 1.98. The van der Waals surface area contributed by atoms with E-state index < -0.39 is 0 Å². The molecule has 0 spiro atoms. The third-order valence-corrected chi connectivity index (χ3v) is 7.47. The lowest BCUT2D eigenvalue weighted by atomic mass is 10.1. The number of thiophene rings is 1. The van der Waals surface area contributed by atoms with E-state index in [4.69, 9.17) is 11.6 Å². The van der Waals surface area contributed by atoms with Crippen LogP contribution >= 0.6 is 34.7 Å². The second-order valence-corrected chi connectivity index (χ2v) is 9.36. The molecule has 0 saturated heterocycles. The van der Waals surface area contributed by atoms with Gasteiger partial charge in [-0.05, 0) is 42.0 Å². The van der Waals surface area contributed by atoms with Crippen LogP contribution < -0.4 is 5.32 Å². The highest BCUT2D eigenvalue weighted by Crippen LogP contribution is 2.38. The van der Waals surface area contributed by atoms with Crippen molar-refractivity contribution in [1.82, 2.24) is 9.47 Å². The lowest BCUT2D eigenvalue weighted by molar-refractivity contribution is -0.116. The van der Waals surface area contributed by atoms with E-state index >= 15 is 0 Å². The van der Waals surface area contributed by atoms with Crippen molar-refractivity contribution in [2.75, 3.05) is 24.7 Å². The molecular weight excluding hydrogens is 426 g/mol. The number of likely N-dealkylation sites (N-methyl/N-ethyl adjacent to an activating group) is 1. The molecule has 0 unspecified atom stereocenters. The quantitative estimate of drug-likeness (QED) is 0.619. The summed E-state index contributed by atoms with van der Waals surface area (Å²) in [4.78, 5) is 28.6. The number of nitrogens with one attached hydrogen (secondary N) is 1. The summed E-state index contributed by atoms with van der Waals surface area (Å²) in [6, 6.07) is 10.9. The fourth-order valence-corrected chi connectivity index (χ4v) is 5.94. The number of nitrogens with zero attached hydrogens (tertiary/aromatic N) is 2. The van der Waals surface area contributed by atoms with E-state index in [0.29, 0.717) is 10.7 Å². The van der Waals surface area contributed by atoms with Crippen LogP contribution in [-0.4, -0.2) is 40.6 Å². The molecule has 4 rings (SSSR count). The lowest BCUT2D eigenvalue weighted by Crippen LogP contribution is -2.35. The molecule has 0 atom stereocenters. The van der Waals surface area contributed by atoms with Crippen molar-refractivity contribution >= 4 is 52.2 Å². The first-order valence-electron chi connectivity index (χ1n) is 9.20. The molecule has 0 radical (unpaired) electrons. The van der Waals surface area contributed by atoms with Crippen LogP contribution in [0.2, 0.25) is 5.02 Å². The standard InChI is InChI=1S/C21H20ClN3O2S2/c1-24(12-18(26)23-16-7-3-2-6-15(16)22)20(27)19-14-8-11-28-13-17(14)29-21(19)25-9-4-5-10-25/h2-7,9-10H,8,11-13H2,1H3,(H,23,26). The number of rotatable bonds is 5. The van der Waals surface area contributed by atoms with E-state index in [1.165, 1.54) is 9.78 Å². The summed E-state index contributed by atoms with van der Waals surface area (Å²) in [5, 5.41) is 4.16. The molecule has 2 amide bonds. The smallest absolute Gasteiger partial charge is 0.257 e. The van der Waals surface area contributed by atoms with Gasteiger partial charge in [-0.15, -0.1) is 11.3 Å². The SMILES string of the molecule is CN(CC(=O)Nc1ccccc1Cl)C(=O)c1c(-n2cccc2)sc2c1CCSC2. The van der Waals surface area contributed by atoms with Gasteiger partial charge < -0.3 is 14.8 Å². The molecule has 150 valence electrons. The number of amides is 2. The van der Waals surface area contributed by atoms with E-state index in [1.807, 2.05) is 40.9 Å². The lowest BCUT2D eigenvalue weighted by Gasteiger charge is -2.20. The number of carbonyl (C=O) groups excluding carboxylic acids is 2. The molecule has 5 nitrogen and oxygen atoms in total. The number of hydrogen-bond donors (Lipinski definition) is 1. The molecule has 0 saturated carbocycles. The zero-order valence-corrected chi connectivity index (χ0v) is 18.2. The van der Waals surface area contributed by atoms with Gasteiger partial charge in [0.2, 0.25) is 5.91 Å². The van der Waals surface area contributed by atoms with Crippen molar-refractivity contribution in [3.05, 3.63) is 69.8 Å². The number of benzene rings is 1. The molecule has 0 bridgehead atoms. The summed E-state index contributed by atoms with van der Waals surface area (Å²) in [5.74, 6) is 1.52. The highest BCUT2D eigenvalue weighted by atomic mass is 35.5. The molecule has 1 aliphatic rings. The zero-order chi connectivity index (χ0) is 20.4. The maximum atomic E-state index is 13.4. The molecule has 3 heterocycles. The maximum Gasteiger partial charge on any atom is 0.257 e. The number of hydrogen-bond acceptors (Lipinski definition) is 4. The normalized spacial score (nSPS) is 13.0. The Morgan fingerprint density at radius 3 is 2.72 bits per heavy atom. The molecule has 1 aliphatic heterocycles. The van der Waals surface area contributed by atoms with Crippen LogP contribution in [0.3, 0.4) is 0 Å². The van der Waals surface area contributed by atoms with Crippen LogP contribution in [0.5, 0.6) is 0 Å². The predicted molar refractivity (Wildman–Crippen MR) is 121 cm³/mol. The van der Waals surface area contributed by atoms with Crippen LogP contribution in [-0.2, 0) is 17.0 Å². The second-order valence-electron chi connectivity index (χ2n) is 6.77. The fourth-order valence-electron chi connectivity index (χ4n) is 3.32. The predicted octanol–water partition coefficient (Wildman–Crippen LogP) is 4.69. The van der Waals surface area contributed by atoms with E-state index in [1.54, 1.807) is 42.6 Å². The van der Waals surface area contributed by atoms with Gasteiger partial charge in [0, 0.05) is 30.1 Å². The summed E-state index contributed by atoms with van der Waals surface area (Å²) in [6.07, 6.45) is 4.77. The van der Waals surface area contributed by atoms with Crippen molar-refractivity contribution in [3.63, 3.8) is 0 Å². The van der Waals surface area contributed by atoms with E-state index in [9.17, 15) is 9.59 Å². The van der Waals surface area contributed by atoms with Gasteiger partial charge in [-0.25, -0.2) is 0 Å². The first kappa shape index (κ1) is 20.1. The Hall–Kier alpha value is -2.22. The van der Waals surface area contributed by atoms with Gasteiger partial charge in [0.05, 0.1) is 22.8 Å². The molecule has 2 aromatic heterocycles. The molecule has 29 heavy (non-hydrogen) atoms. The fraction of sp³-hybridized carbons (Fsp3) is 0.238. The van der Waals surface area contributed by atoms with Gasteiger partial charge in [-0.3, -0.25) is 9.59 Å². The van der Waals surface area contributed by atoms with Gasteiger partial charge in [0.1, 0.15) is 5.00 Å². The molecule has 0 aliphatic carbocycles. The van der Waals surface area contributed by atoms with Crippen LogP contribution in [0.15, 0.2) is 48.8 Å². The number of carbonyl (C=O) groups is 2. The molecule has 8 heteroatoms. The third kappa shape index (κ3) is 4.22. The Morgan fingerprint density at radius 1 is 1.21 bits per heavy atom. The summed E-state index contributed by atoms with van der Waals surface area (Å²) in [6.45, 7) is -0.0471. The molecular formula is C21H20ClN3O2S2. The number of halogens is 1. The Bertz CT molecular complexity index is 1050. The summed E-state index contributed by atoms with van der Waals surface area (Å²) in [5.41, 5.74) is 2.38. The van der Waals surface area contributed by atoms with E-state index in [-0.39, 0.29) is 18.4 Å². The van der Waals surface area contributed by atoms with Crippen LogP contribution in [0.4, 0.5) is 5.69 Å². The maximum absolute atomic E-state index is 13.4. The zero-order valence-electron chi connectivity index (χ0n) is 15.9. The number of para-hydroxylation sites is 1. The third-order valence-electron chi connectivity index (χ3n) is 4.73.